The van der Waals surface area contributed by atoms with Crippen molar-refractivity contribution in [3.8, 4) is 5.88 Å². The summed E-state index contributed by atoms with van der Waals surface area (Å²) >= 11 is 0. The van der Waals surface area contributed by atoms with Crippen LogP contribution in [0.1, 0.15) is 17.4 Å². The molecule has 0 atom stereocenters. The number of carbonyl (C=O) groups is 1. The Morgan fingerprint density at radius 2 is 2.38 bits per heavy atom. The summed E-state index contributed by atoms with van der Waals surface area (Å²) in [5.41, 5.74) is 0.737. The highest BCUT2D eigenvalue weighted by molar-refractivity contribution is 5.88. The molecule has 2 aromatic rings. The first-order valence-electron chi connectivity index (χ1n) is 4.81. The van der Waals surface area contributed by atoms with E-state index in [9.17, 15) is 4.79 Å². The topological polar surface area (TPSA) is 65.7 Å². The molecule has 0 aliphatic heterocycles. The maximum Gasteiger partial charge on any atom is 0.358 e. The zero-order chi connectivity index (χ0) is 11.5. The van der Waals surface area contributed by atoms with E-state index < -0.39 is 5.97 Å². The molecule has 0 bridgehead atoms. The van der Waals surface area contributed by atoms with Crippen LogP contribution in [-0.2, 0) is 4.74 Å². The van der Waals surface area contributed by atoms with Gasteiger partial charge in [-0.3, -0.25) is 0 Å². The minimum Gasteiger partial charge on any atom is -0.478 e. The van der Waals surface area contributed by atoms with E-state index in [1.807, 2.05) is 0 Å². The highest BCUT2D eigenvalue weighted by Gasteiger charge is 2.14. The number of imidazole rings is 1. The maximum atomic E-state index is 11.5. The van der Waals surface area contributed by atoms with Crippen LogP contribution in [0.15, 0.2) is 18.6 Å². The van der Waals surface area contributed by atoms with Gasteiger partial charge in [0, 0.05) is 18.6 Å². The summed E-state index contributed by atoms with van der Waals surface area (Å²) < 4.78 is 11.6. The molecule has 2 aromatic heterocycles. The van der Waals surface area contributed by atoms with Gasteiger partial charge >= 0.3 is 5.97 Å². The molecular weight excluding hydrogens is 210 g/mol. The third kappa shape index (κ3) is 1.69. The van der Waals surface area contributed by atoms with Crippen LogP contribution in [-0.4, -0.2) is 34.1 Å². The van der Waals surface area contributed by atoms with Crippen molar-refractivity contribution >= 4 is 11.6 Å². The predicted octanol–water partition coefficient (Wildman–Crippen LogP) is 0.915. The number of aromatic nitrogens is 3. The van der Waals surface area contributed by atoms with Crippen LogP contribution in [0.4, 0.5) is 0 Å². The Kier molecular flexibility index (Phi) is 2.72. The lowest BCUT2D eigenvalue weighted by Gasteiger charge is -1.98. The second-order valence-corrected chi connectivity index (χ2v) is 3.01. The Balaban J connectivity index is 2.47. The van der Waals surface area contributed by atoms with Crippen molar-refractivity contribution < 1.29 is 14.3 Å². The molecule has 6 nitrogen and oxygen atoms in total. The first kappa shape index (κ1) is 10.4. The van der Waals surface area contributed by atoms with Crippen molar-refractivity contribution in [2.75, 3.05) is 13.7 Å². The molecule has 0 spiro atoms. The normalized spacial score (nSPS) is 10.4. The summed E-state index contributed by atoms with van der Waals surface area (Å²) in [7, 11) is 1.50. The lowest BCUT2D eigenvalue weighted by Crippen LogP contribution is -2.04. The molecule has 0 unspecified atom stereocenters. The maximum absolute atomic E-state index is 11.5. The largest absolute Gasteiger partial charge is 0.478 e. The van der Waals surface area contributed by atoms with Gasteiger partial charge in [-0.2, -0.15) is 0 Å². The summed E-state index contributed by atoms with van der Waals surface area (Å²) in [4.78, 5) is 19.5. The van der Waals surface area contributed by atoms with Crippen LogP contribution in [0.25, 0.3) is 5.65 Å². The number of hydrogen-bond donors (Lipinski definition) is 0. The third-order valence-corrected chi connectivity index (χ3v) is 2.02. The van der Waals surface area contributed by atoms with Gasteiger partial charge in [0.25, 0.3) is 5.88 Å². The molecule has 2 heterocycles. The molecule has 6 heteroatoms. The van der Waals surface area contributed by atoms with Gasteiger partial charge in [0.15, 0.2) is 5.69 Å². The van der Waals surface area contributed by atoms with Crippen molar-refractivity contribution in [2.45, 2.75) is 6.92 Å². The minimum absolute atomic E-state index is 0.244. The summed E-state index contributed by atoms with van der Waals surface area (Å²) in [6.45, 7) is 2.07. The SMILES string of the molecule is CCOC(=O)c1cn2ccnc(OC)c2n1. The molecule has 0 aliphatic carbocycles. The van der Waals surface area contributed by atoms with Gasteiger partial charge in [-0.25, -0.2) is 14.8 Å². The van der Waals surface area contributed by atoms with Gasteiger partial charge in [-0.1, -0.05) is 0 Å². The summed E-state index contributed by atoms with van der Waals surface area (Å²) in [5, 5.41) is 0. The number of methoxy groups -OCH3 is 1. The Hall–Kier alpha value is -2.11. The number of rotatable bonds is 3. The molecule has 0 aliphatic rings. The summed E-state index contributed by atoms with van der Waals surface area (Å²) in [5.74, 6) is -0.0775. The fraction of sp³-hybridized carbons (Fsp3) is 0.300. The molecule has 0 amide bonds. The van der Waals surface area contributed by atoms with E-state index in [0.717, 1.165) is 0 Å². The second-order valence-electron chi connectivity index (χ2n) is 3.01. The van der Waals surface area contributed by atoms with Gasteiger partial charge in [-0.15, -0.1) is 0 Å². The molecule has 0 radical (unpaired) electrons. The predicted molar refractivity (Wildman–Crippen MR) is 55.5 cm³/mol. The highest BCUT2D eigenvalue weighted by Crippen LogP contribution is 2.15. The molecule has 0 aromatic carbocycles. The zero-order valence-corrected chi connectivity index (χ0v) is 9.01. The average molecular weight is 221 g/mol. The van der Waals surface area contributed by atoms with Gasteiger partial charge in [0.05, 0.1) is 13.7 Å². The molecule has 0 fully saturated rings. The second kappa shape index (κ2) is 4.18. The third-order valence-electron chi connectivity index (χ3n) is 2.02. The Morgan fingerprint density at radius 3 is 3.06 bits per heavy atom. The van der Waals surface area contributed by atoms with Crippen LogP contribution in [0.5, 0.6) is 5.88 Å². The number of carbonyl (C=O) groups excluding carboxylic acids is 1. The molecule has 2 rings (SSSR count). The number of hydrogen-bond acceptors (Lipinski definition) is 5. The van der Waals surface area contributed by atoms with E-state index in [-0.39, 0.29) is 5.69 Å². The summed E-state index contributed by atoms with van der Waals surface area (Å²) in [6.07, 6.45) is 4.84. The van der Waals surface area contributed by atoms with E-state index in [1.165, 1.54) is 7.11 Å². The van der Waals surface area contributed by atoms with Crippen molar-refractivity contribution in [3.05, 3.63) is 24.3 Å². The molecule has 84 valence electrons. The Morgan fingerprint density at radius 1 is 1.56 bits per heavy atom. The molecule has 0 N–H and O–H groups in total. The van der Waals surface area contributed by atoms with Gasteiger partial charge in [0.1, 0.15) is 0 Å². The molecule has 0 saturated carbocycles. The van der Waals surface area contributed by atoms with Crippen LogP contribution >= 0.6 is 0 Å². The Labute approximate surface area is 91.8 Å². The van der Waals surface area contributed by atoms with E-state index >= 15 is 0 Å². The van der Waals surface area contributed by atoms with Gasteiger partial charge in [-0.05, 0) is 6.92 Å². The van der Waals surface area contributed by atoms with Crippen LogP contribution in [0.3, 0.4) is 0 Å². The summed E-state index contributed by atoms with van der Waals surface area (Å²) in [6, 6.07) is 0. The number of fused-ring (bicyclic) bond motifs is 1. The standard InChI is InChI=1S/C10H11N3O3/c1-3-16-10(14)7-6-13-5-4-11-9(15-2)8(13)12-7/h4-6H,3H2,1-2H3. The number of ether oxygens (including phenoxy) is 2. The van der Waals surface area contributed by atoms with Gasteiger partial charge < -0.3 is 13.9 Å². The quantitative estimate of drug-likeness (QED) is 0.721. The van der Waals surface area contributed by atoms with Crippen molar-refractivity contribution in [2.24, 2.45) is 0 Å². The molecular formula is C10H11N3O3. The first-order chi connectivity index (χ1) is 7.76. The van der Waals surface area contributed by atoms with E-state index in [0.29, 0.717) is 18.1 Å². The van der Waals surface area contributed by atoms with E-state index in [4.69, 9.17) is 9.47 Å². The minimum atomic E-state index is -0.451. The average Bonchev–Trinajstić information content (AvgIpc) is 2.72. The number of nitrogens with zero attached hydrogens (tertiary/aromatic N) is 3. The fourth-order valence-electron chi connectivity index (χ4n) is 1.34. The van der Waals surface area contributed by atoms with E-state index in [2.05, 4.69) is 9.97 Å². The first-order valence-corrected chi connectivity index (χ1v) is 4.81. The van der Waals surface area contributed by atoms with Crippen molar-refractivity contribution in [1.29, 1.82) is 0 Å². The fourth-order valence-corrected chi connectivity index (χ4v) is 1.34. The van der Waals surface area contributed by atoms with Crippen molar-refractivity contribution in [3.63, 3.8) is 0 Å². The van der Waals surface area contributed by atoms with Crippen LogP contribution in [0, 0.1) is 0 Å². The lowest BCUT2D eigenvalue weighted by atomic mass is 10.5. The van der Waals surface area contributed by atoms with Crippen LogP contribution in [0.2, 0.25) is 0 Å². The lowest BCUT2D eigenvalue weighted by molar-refractivity contribution is 0.0520. The zero-order valence-electron chi connectivity index (χ0n) is 9.01. The van der Waals surface area contributed by atoms with Crippen molar-refractivity contribution in [1.82, 2.24) is 14.4 Å². The Bertz CT molecular complexity index is 521. The number of esters is 1. The highest BCUT2D eigenvalue weighted by atomic mass is 16.5. The monoisotopic (exact) mass is 221 g/mol. The smallest absolute Gasteiger partial charge is 0.358 e. The van der Waals surface area contributed by atoms with E-state index in [1.54, 1.807) is 29.9 Å². The molecule has 0 saturated heterocycles. The molecule has 16 heavy (non-hydrogen) atoms. The van der Waals surface area contributed by atoms with Crippen LogP contribution < -0.4 is 4.74 Å². The van der Waals surface area contributed by atoms with Gasteiger partial charge in [0.2, 0.25) is 5.65 Å².